The van der Waals surface area contributed by atoms with Crippen LogP contribution in [0.15, 0.2) is 41.9 Å². The van der Waals surface area contributed by atoms with Crippen molar-refractivity contribution in [2.75, 3.05) is 33.9 Å². The number of halogens is 1. The third-order valence-corrected chi connectivity index (χ3v) is 4.88. The van der Waals surface area contributed by atoms with E-state index >= 15 is 0 Å². The molecule has 1 aliphatic carbocycles. The van der Waals surface area contributed by atoms with E-state index in [1.807, 2.05) is 18.2 Å². The molecule has 0 amide bonds. The molecule has 0 bridgehead atoms. The Morgan fingerprint density at radius 3 is 2.69 bits per heavy atom. The maximum Gasteiger partial charge on any atom is 0.191 e. The van der Waals surface area contributed by atoms with Gasteiger partial charge in [-0.05, 0) is 30.7 Å². The van der Waals surface area contributed by atoms with Gasteiger partial charge in [0.2, 0.25) is 0 Å². The van der Waals surface area contributed by atoms with Crippen LogP contribution in [0.3, 0.4) is 0 Å². The van der Waals surface area contributed by atoms with Crippen molar-refractivity contribution in [1.82, 2.24) is 10.6 Å². The molecule has 1 fully saturated rings. The molecule has 0 saturated heterocycles. The van der Waals surface area contributed by atoms with E-state index in [1.54, 1.807) is 20.2 Å². The quantitative estimate of drug-likeness (QED) is 0.235. The average Bonchev–Trinajstić information content (AvgIpc) is 2.61. The minimum Gasteiger partial charge on any atom is -0.489 e. The third-order valence-electron chi connectivity index (χ3n) is 4.88. The lowest BCUT2D eigenvalue weighted by molar-refractivity contribution is 0.0732. The van der Waals surface area contributed by atoms with Crippen LogP contribution in [0.4, 0.5) is 0 Å². The Morgan fingerprint density at radius 1 is 1.31 bits per heavy atom. The molecular weight excluding hydrogens is 441 g/mol. The lowest BCUT2D eigenvalue weighted by Gasteiger charge is -2.42. The molecule has 0 heterocycles. The predicted molar refractivity (Wildman–Crippen MR) is 119 cm³/mol. The fourth-order valence-electron chi connectivity index (χ4n) is 3.12. The van der Waals surface area contributed by atoms with Crippen LogP contribution in [0.2, 0.25) is 0 Å². The molecular formula is C20H32IN3O2. The molecule has 0 aromatic heterocycles. The highest BCUT2D eigenvalue weighted by atomic mass is 127. The van der Waals surface area contributed by atoms with Crippen LogP contribution in [0.25, 0.3) is 0 Å². The molecule has 0 aliphatic heterocycles. The second-order valence-corrected chi connectivity index (χ2v) is 6.58. The van der Waals surface area contributed by atoms with Gasteiger partial charge in [0.05, 0.1) is 0 Å². The third kappa shape index (κ3) is 6.79. The van der Waals surface area contributed by atoms with E-state index < -0.39 is 0 Å². The van der Waals surface area contributed by atoms with Gasteiger partial charge in [0, 0.05) is 39.4 Å². The predicted octanol–water partition coefficient (Wildman–Crippen LogP) is 3.74. The second-order valence-electron chi connectivity index (χ2n) is 6.58. The summed E-state index contributed by atoms with van der Waals surface area (Å²) in [6.07, 6.45) is 6.69. The van der Waals surface area contributed by atoms with Crippen molar-refractivity contribution in [3.8, 4) is 5.75 Å². The summed E-state index contributed by atoms with van der Waals surface area (Å²) < 4.78 is 11.0. The molecule has 0 unspecified atom stereocenters. The Bertz CT molecular complexity index is 574. The van der Waals surface area contributed by atoms with E-state index in [2.05, 4.69) is 28.3 Å². The maximum atomic E-state index is 5.71. The number of aliphatic imine (C=N–C) groups is 1. The number of benzene rings is 1. The SMILES string of the molecule is C=CCOc1ccccc1CNC(=NC)NCC1(CCOC)CCC1.I. The maximum absolute atomic E-state index is 5.71. The first-order chi connectivity index (χ1) is 12.2. The van der Waals surface area contributed by atoms with E-state index in [1.165, 1.54) is 19.3 Å². The summed E-state index contributed by atoms with van der Waals surface area (Å²) in [5.74, 6) is 1.70. The molecule has 1 aromatic rings. The van der Waals surface area contributed by atoms with Gasteiger partial charge in [-0.1, -0.05) is 37.3 Å². The Labute approximate surface area is 174 Å². The van der Waals surface area contributed by atoms with Crippen LogP contribution >= 0.6 is 24.0 Å². The van der Waals surface area contributed by atoms with Gasteiger partial charge in [-0.3, -0.25) is 4.99 Å². The van der Waals surface area contributed by atoms with Gasteiger partial charge in [0.15, 0.2) is 5.96 Å². The number of hydrogen-bond acceptors (Lipinski definition) is 3. The fraction of sp³-hybridized carbons (Fsp3) is 0.550. The molecule has 2 N–H and O–H groups in total. The molecule has 0 atom stereocenters. The van der Waals surface area contributed by atoms with Crippen molar-refractivity contribution in [2.45, 2.75) is 32.2 Å². The first-order valence-corrected chi connectivity index (χ1v) is 8.98. The normalized spacial score (nSPS) is 15.4. The molecule has 146 valence electrons. The Hall–Kier alpha value is -1.28. The summed E-state index contributed by atoms with van der Waals surface area (Å²) in [7, 11) is 3.57. The van der Waals surface area contributed by atoms with Gasteiger partial charge in [0.25, 0.3) is 0 Å². The molecule has 2 rings (SSSR count). The van der Waals surface area contributed by atoms with Gasteiger partial charge in [-0.25, -0.2) is 0 Å². The summed E-state index contributed by atoms with van der Waals surface area (Å²) >= 11 is 0. The highest BCUT2D eigenvalue weighted by molar-refractivity contribution is 14.0. The number of hydrogen-bond donors (Lipinski definition) is 2. The summed E-state index contributed by atoms with van der Waals surface area (Å²) in [6.45, 7) is 6.62. The van der Waals surface area contributed by atoms with Crippen LogP contribution in [-0.4, -0.2) is 39.9 Å². The van der Waals surface area contributed by atoms with Crippen LogP contribution in [-0.2, 0) is 11.3 Å². The number of methoxy groups -OCH3 is 1. The van der Waals surface area contributed by atoms with Crippen LogP contribution in [0.1, 0.15) is 31.2 Å². The number of rotatable bonds is 10. The number of nitrogens with one attached hydrogen (secondary N) is 2. The fourth-order valence-corrected chi connectivity index (χ4v) is 3.12. The number of nitrogens with zero attached hydrogens (tertiary/aromatic N) is 1. The molecule has 6 heteroatoms. The zero-order chi connectivity index (χ0) is 18.0. The first kappa shape index (κ1) is 22.8. The van der Waals surface area contributed by atoms with Gasteiger partial charge in [-0.2, -0.15) is 0 Å². The second kappa shape index (κ2) is 12.2. The van der Waals surface area contributed by atoms with Crippen molar-refractivity contribution in [3.63, 3.8) is 0 Å². The largest absolute Gasteiger partial charge is 0.489 e. The summed E-state index contributed by atoms with van der Waals surface area (Å²) in [6, 6.07) is 8.03. The summed E-state index contributed by atoms with van der Waals surface area (Å²) in [5, 5.41) is 6.86. The number of para-hydroxylation sites is 1. The first-order valence-electron chi connectivity index (χ1n) is 8.98. The summed E-state index contributed by atoms with van der Waals surface area (Å²) in [4.78, 5) is 4.34. The molecule has 1 aromatic carbocycles. The topological polar surface area (TPSA) is 54.9 Å². The Morgan fingerprint density at radius 2 is 2.08 bits per heavy atom. The highest BCUT2D eigenvalue weighted by Gasteiger charge is 2.36. The molecule has 0 radical (unpaired) electrons. The van der Waals surface area contributed by atoms with Crippen molar-refractivity contribution >= 4 is 29.9 Å². The minimum atomic E-state index is 0. The zero-order valence-electron chi connectivity index (χ0n) is 15.9. The van der Waals surface area contributed by atoms with Gasteiger partial charge in [-0.15, -0.1) is 24.0 Å². The lowest BCUT2D eigenvalue weighted by Crippen LogP contribution is -2.46. The van der Waals surface area contributed by atoms with Gasteiger partial charge < -0.3 is 20.1 Å². The van der Waals surface area contributed by atoms with Crippen molar-refractivity contribution in [3.05, 3.63) is 42.5 Å². The molecule has 26 heavy (non-hydrogen) atoms. The van der Waals surface area contributed by atoms with Crippen LogP contribution in [0, 0.1) is 5.41 Å². The minimum absolute atomic E-state index is 0. The van der Waals surface area contributed by atoms with E-state index in [-0.39, 0.29) is 24.0 Å². The molecule has 5 nitrogen and oxygen atoms in total. The number of guanidine groups is 1. The van der Waals surface area contributed by atoms with Crippen LogP contribution in [0.5, 0.6) is 5.75 Å². The zero-order valence-corrected chi connectivity index (χ0v) is 18.3. The van der Waals surface area contributed by atoms with Crippen molar-refractivity contribution < 1.29 is 9.47 Å². The molecule has 1 aliphatic rings. The number of ether oxygens (including phenoxy) is 2. The van der Waals surface area contributed by atoms with Gasteiger partial charge in [0.1, 0.15) is 12.4 Å². The lowest BCUT2D eigenvalue weighted by atomic mass is 9.67. The van der Waals surface area contributed by atoms with Gasteiger partial charge >= 0.3 is 0 Å². The monoisotopic (exact) mass is 473 g/mol. The Kier molecular flexibility index (Phi) is 10.7. The standard InChI is InChI=1S/C20H31N3O2.HI/c1-4-13-25-18-9-6-5-8-17(18)15-22-19(21-2)23-16-20(10-7-11-20)12-14-24-3;/h4-6,8-9H,1,7,10-16H2,2-3H3,(H2,21,22,23);1H. The van der Waals surface area contributed by atoms with E-state index in [9.17, 15) is 0 Å². The van der Waals surface area contributed by atoms with E-state index in [4.69, 9.17) is 9.47 Å². The smallest absolute Gasteiger partial charge is 0.191 e. The highest BCUT2D eigenvalue weighted by Crippen LogP contribution is 2.43. The average molecular weight is 473 g/mol. The van der Waals surface area contributed by atoms with Crippen LogP contribution < -0.4 is 15.4 Å². The Balaban J connectivity index is 0.00000338. The molecule has 0 spiro atoms. The summed E-state index contributed by atoms with van der Waals surface area (Å²) in [5.41, 5.74) is 1.46. The van der Waals surface area contributed by atoms with E-state index in [0.29, 0.717) is 18.6 Å². The van der Waals surface area contributed by atoms with Crippen molar-refractivity contribution in [1.29, 1.82) is 0 Å². The molecule has 1 saturated carbocycles. The van der Waals surface area contributed by atoms with Crippen molar-refractivity contribution in [2.24, 2.45) is 10.4 Å². The van der Waals surface area contributed by atoms with E-state index in [0.717, 1.165) is 36.8 Å².